The van der Waals surface area contributed by atoms with Crippen LogP contribution in [0.5, 0.6) is 5.75 Å². The minimum absolute atomic E-state index is 0.400. The quantitative estimate of drug-likeness (QED) is 0.771. The van der Waals surface area contributed by atoms with Crippen molar-refractivity contribution in [3.8, 4) is 5.75 Å². The molecule has 2 nitrogen and oxygen atoms in total. The Labute approximate surface area is 103 Å². The molecule has 1 aromatic carbocycles. The van der Waals surface area contributed by atoms with Crippen molar-refractivity contribution in [1.29, 1.82) is 0 Å². The lowest BCUT2D eigenvalue weighted by atomic mass is 10.1. The van der Waals surface area contributed by atoms with E-state index >= 15 is 0 Å². The average molecular weight is 239 g/mol. The molecule has 1 aromatic rings. The summed E-state index contributed by atoms with van der Waals surface area (Å²) in [5.41, 5.74) is 2.51. The van der Waals surface area contributed by atoms with Crippen LogP contribution < -0.4 is 10.1 Å². The van der Waals surface area contributed by atoms with Crippen molar-refractivity contribution in [2.75, 3.05) is 25.7 Å². The van der Waals surface area contributed by atoms with Crippen molar-refractivity contribution in [1.82, 2.24) is 5.32 Å². The maximum Gasteiger partial charge on any atom is 0.121 e. The van der Waals surface area contributed by atoms with Gasteiger partial charge in [0.2, 0.25) is 0 Å². The van der Waals surface area contributed by atoms with E-state index in [1.807, 2.05) is 17.8 Å². The van der Waals surface area contributed by atoms with E-state index in [2.05, 4.69) is 37.6 Å². The third-order valence-corrected chi connectivity index (χ3v) is 3.29. The first-order valence-corrected chi connectivity index (χ1v) is 6.95. The van der Waals surface area contributed by atoms with E-state index in [9.17, 15) is 0 Å². The van der Waals surface area contributed by atoms with Crippen LogP contribution in [0.4, 0.5) is 0 Å². The fraction of sp³-hybridized carbons (Fsp3) is 0.538. The molecule has 0 radical (unpaired) electrons. The zero-order chi connectivity index (χ0) is 12.0. The van der Waals surface area contributed by atoms with E-state index in [0.29, 0.717) is 6.04 Å². The van der Waals surface area contributed by atoms with E-state index < -0.39 is 0 Å². The molecule has 90 valence electrons. The van der Waals surface area contributed by atoms with Gasteiger partial charge >= 0.3 is 0 Å². The predicted octanol–water partition coefficient (Wildman–Crippen LogP) is 3.02. The maximum absolute atomic E-state index is 5.25. The Hall–Kier alpha value is -0.670. The van der Waals surface area contributed by atoms with Gasteiger partial charge < -0.3 is 10.1 Å². The lowest BCUT2D eigenvalue weighted by Crippen LogP contribution is -2.21. The van der Waals surface area contributed by atoms with Gasteiger partial charge in [-0.2, -0.15) is 11.8 Å². The Kier molecular flexibility index (Phi) is 5.71. The van der Waals surface area contributed by atoms with Gasteiger partial charge in [0.25, 0.3) is 0 Å². The molecule has 0 amide bonds. The number of ether oxygens (including phenoxy) is 1. The zero-order valence-corrected chi connectivity index (χ0v) is 11.4. The molecule has 1 rings (SSSR count). The SMILES string of the molecule is COc1ccc(C(C)NCCSC)cc1C. The molecule has 1 atom stereocenters. The van der Waals surface area contributed by atoms with E-state index in [1.54, 1.807) is 7.11 Å². The number of thioether (sulfide) groups is 1. The molecular formula is C13H21NOS. The lowest BCUT2D eigenvalue weighted by Gasteiger charge is -2.15. The second-order valence-electron chi connectivity index (χ2n) is 3.90. The molecule has 0 aliphatic heterocycles. The monoisotopic (exact) mass is 239 g/mol. The van der Waals surface area contributed by atoms with Crippen LogP contribution in [0.3, 0.4) is 0 Å². The Balaban J connectivity index is 2.62. The molecule has 0 spiro atoms. The Bertz CT molecular complexity index is 328. The summed E-state index contributed by atoms with van der Waals surface area (Å²) in [6, 6.07) is 6.76. The van der Waals surface area contributed by atoms with Crippen molar-refractivity contribution in [3.05, 3.63) is 29.3 Å². The van der Waals surface area contributed by atoms with Crippen molar-refractivity contribution < 1.29 is 4.74 Å². The molecule has 3 heteroatoms. The average Bonchev–Trinajstić information content (AvgIpc) is 2.29. The summed E-state index contributed by atoms with van der Waals surface area (Å²) in [4.78, 5) is 0. The number of hydrogen-bond donors (Lipinski definition) is 1. The molecule has 0 bridgehead atoms. The number of rotatable bonds is 6. The topological polar surface area (TPSA) is 21.3 Å². The highest BCUT2D eigenvalue weighted by Crippen LogP contribution is 2.22. The molecule has 0 aliphatic rings. The van der Waals surface area contributed by atoms with Gasteiger partial charge in [-0.25, -0.2) is 0 Å². The summed E-state index contributed by atoms with van der Waals surface area (Å²) in [6.07, 6.45) is 2.13. The van der Waals surface area contributed by atoms with Crippen LogP contribution in [0.15, 0.2) is 18.2 Å². The number of nitrogens with one attached hydrogen (secondary N) is 1. The van der Waals surface area contributed by atoms with Crippen LogP contribution >= 0.6 is 11.8 Å². The molecule has 0 aromatic heterocycles. The first kappa shape index (κ1) is 13.4. The van der Waals surface area contributed by atoms with Gasteiger partial charge in [-0.15, -0.1) is 0 Å². The maximum atomic E-state index is 5.25. The molecule has 1 unspecified atom stereocenters. The van der Waals surface area contributed by atoms with Crippen LogP contribution in [0, 0.1) is 6.92 Å². The summed E-state index contributed by atoms with van der Waals surface area (Å²) in [6.45, 7) is 5.33. The van der Waals surface area contributed by atoms with E-state index in [1.165, 1.54) is 11.1 Å². The van der Waals surface area contributed by atoms with E-state index in [0.717, 1.165) is 18.0 Å². The van der Waals surface area contributed by atoms with Gasteiger partial charge in [-0.05, 0) is 37.3 Å². The molecule has 0 heterocycles. The second-order valence-corrected chi connectivity index (χ2v) is 4.88. The van der Waals surface area contributed by atoms with Gasteiger partial charge in [-0.3, -0.25) is 0 Å². The smallest absolute Gasteiger partial charge is 0.121 e. The number of hydrogen-bond acceptors (Lipinski definition) is 3. The Morgan fingerprint density at radius 3 is 2.75 bits per heavy atom. The summed E-state index contributed by atoms with van der Waals surface area (Å²) >= 11 is 1.87. The molecule has 0 saturated heterocycles. The van der Waals surface area contributed by atoms with Crippen molar-refractivity contribution in [2.24, 2.45) is 0 Å². The number of aryl methyl sites for hydroxylation is 1. The van der Waals surface area contributed by atoms with Crippen molar-refractivity contribution in [2.45, 2.75) is 19.9 Å². The van der Waals surface area contributed by atoms with Crippen LogP contribution in [0.2, 0.25) is 0 Å². The molecular weight excluding hydrogens is 218 g/mol. The van der Waals surface area contributed by atoms with Crippen molar-refractivity contribution in [3.63, 3.8) is 0 Å². The van der Waals surface area contributed by atoms with Crippen LogP contribution in [0.25, 0.3) is 0 Å². The first-order chi connectivity index (χ1) is 7.69. The Morgan fingerprint density at radius 1 is 1.44 bits per heavy atom. The van der Waals surface area contributed by atoms with E-state index in [-0.39, 0.29) is 0 Å². The molecule has 1 N–H and O–H groups in total. The highest BCUT2D eigenvalue weighted by molar-refractivity contribution is 7.98. The summed E-state index contributed by atoms with van der Waals surface area (Å²) in [7, 11) is 1.71. The highest BCUT2D eigenvalue weighted by Gasteiger charge is 2.06. The minimum Gasteiger partial charge on any atom is -0.496 e. The number of benzene rings is 1. The van der Waals surface area contributed by atoms with Crippen molar-refractivity contribution >= 4 is 11.8 Å². The first-order valence-electron chi connectivity index (χ1n) is 5.56. The molecule has 0 aliphatic carbocycles. The van der Waals surface area contributed by atoms with Gasteiger partial charge in [0, 0.05) is 18.3 Å². The largest absolute Gasteiger partial charge is 0.496 e. The fourth-order valence-corrected chi connectivity index (χ4v) is 1.99. The Morgan fingerprint density at radius 2 is 2.19 bits per heavy atom. The summed E-state index contributed by atoms with van der Waals surface area (Å²) in [5, 5.41) is 3.50. The molecule has 16 heavy (non-hydrogen) atoms. The third-order valence-electron chi connectivity index (χ3n) is 2.68. The van der Waals surface area contributed by atoms with Crippen LogP contribution in [-0.4, -0.2) is 25.7 Å². The minimum atomic E-state index is 0.400. The van der Waals surface area contributed by atoms with Crippen LogP contribution in [0.1, 0.15) is 24.1 Å². The highest BCUT2D eigenvalue weighted by atomic mass is 32.2. The van der Waals surface area contributed by atoms with Crippen LogP contribution in [-0.2, 0) is 0 Å². The second kappa shape index (κ2) is 6.81. The predicted molar refractivity (Wildman–Crippen MR) is 72.5 cm³/mol. The standard InChI is InChI=1S/C13H21NOS/c1-10-9-12(5-6-13(10)15-3)11(2)14-7-8-16-4/h5-6,9,11,14H,7-8H2,1-4H3. The normalized spacial score (nSPS) is 12.5. The third kappa shape index (κ3) is 3.72. The van der Waals surface area contributed by atoms with E-state index in [4.69, 9.17) is 4.74 Å². The van der Waals surface area contributed by atoms with Gasteiger partial charge in [0.15, 0.2) is 0 Å². The zero-order valence-electron chi connectivity index (χ0n) is 10.5. The summed E-state index contributed by atoms with van der Waals surface area (Å²) in [5.74, 6) is 2.11. The number of methoxy groups -OCH3 is 1. The summed E-state index contributed by atoms with van der Waals surface area (Å²) < 4.78 is 5.25. The fourth-order valence-electron chi connectivity index (χ4n) is 1.67. The van der Waals surface area contributed by atoms with Gasteiger partial charge in [-0.1, -0.05) is 12.1 Å². The van der Waals surface area contributed by atoms with Gasteiger partial charge in [0.05, 0.1) is 7.11 Å². The molecule has 0 saturated carbocycles. The molecule has 0 fully saturated rings. The van der Waals surface area contributed by atoms with Gasteiger partial charge in [0.1, 0.15) is 5.75 Å². The lowest BCUT2D eigenvalue weighted by molar-refractivity contribution is 0.411.